The van der Waals surface area contributed by atoms with Gasteiger partial charge >= 0.3 is 0 Å². The van der Waals surface area contributed by atoms with Crippen molar-refractivity contribution in [2.75, 3.05) is 4.90 Å². The first-order chi connectivity index (χ1) is 15.4. The van der Waals surface area contributed by atoms with Crippen LogP contribution in [0.4, 0.5) is 17.1 Å². The van der Waals surface area contributed by atoms with Gasteiger partial charge in [0.2, 0.25) is 0 Å². The highest BCUT2D eigenvalue weighted by Crippen LogP contribution is 2.50. The summed E-state index contributed by atoms with van der Waals surface area (Å²) in [7, 11) is 0. The van der Waals surface area contributed by atoms with Crippen molar-refractivity contribution in [3.05, 3.63) is 114 Å². The lowest BCUT2D eigenvalue weighted by Gasteiger charge is -2.38. The number of anilines is 3. The van der Waals surface area contributed by atoms with Gasteiger partial charge in [-0.05, 0) is 84.5 Å². The summed E-state index contributed by atoms with van der Waals surface area (Å²) < 4.78 is 0. The van der Waals surface area contributed by atoms with Gasteiger partial charge in [-0.15, -0.1) is 0 Å². The SMILES string of the molecule is c1ccc(N(c2ccccc2)c2ccccc2-c2ccc3c(c2)C2CCC3CC2)cc1. The second-order valence-electron chi connectivity index (χ2n) is 8.92. The Kier molecular flexibility index (Phi) is 4.61. The molecule has 0 spiro atoms. The highest BCUT2D eigenvalue weighted by atomic mass is 15.1. The minimum atomic E-state index is 0.756. The molecule has 1 fully saturated rings. The van der Waals surface area contributed by atoms with Crippen LogP contribution in [0, 0.1) is 0 Å². The number of para-hydroxylation sites is 3. The fourth-order valence-electron chi connectivity index (χ4n) is 5.68. The number of hydrogen-bond donors (Lipinski definition) is 0. The molecular formula is C30H27N. The maximum Gasteiger partial charge on any atom is 0.0540 e. The molecule has 1 saturated carbocycles. The van der Waals surface area contributed by atoms with E-state index in [0.717, 1.165) is 11.8 Å². The third-order valence-corrected chi connectivity index (χ3v) is 7.18. The molecule has 7 rings (SSSR count). The number of fused-ring (bicyclic) bond motifs is 2. The van der Waals surface area contributed by atoms with Crippen molar-refractivity contribution in [1.82, 2.24) is 0 Å². The summed E-state index contributed by atoms with van der Waals surface area (Å²) in [6.45, 7) is 0. The van der Waals surface area contributed by atoms with Crippen molar-refractivity contribution in [1.29, 1.82) is 0 Å². The van der Waals surface area contributed by atoms with Gasteiger partial charge in [0.15, 0.2) is 0 Å². The lowest BCUT2D eigenvalue weighted by Crippen LogP contribution is -2.21. The number of rotatable bonds is 4. The molecule has 152 valence electrons. The Morgan fingerprint density at radius 1 is 0.516 bits per heavy atom. The first-order valence-electron chi connectivity index (χ1n) is 11.5. The van der Waals surface area contributed by atoms with Crippen LogP contribution < -0.4 is 4.90 Å². The van der Waals surface area contributed by atoms with Gasteiger partial charge in [0.1, 0.15) is 0 Å². The normalized spacial score (nSPS) is 19.1. The van der Waals surface area contributed by atoms with E-state index in [1.54, 1.807) is 11.1 Å². The van der Waals surface area contributed by atoms with Crippen LogP contribution >= 0.6 is 0 Å². The summed E-state index contributed by atoms with van der Waals surface area (Å²) in [6.07, 6.45) is 5.48. The molecule has 4 aromatic rings. The molecule has 0 aromatic heterocycles. The number of hydrogen-bond acceptors (Lipinski definition) is 1. The molecule has 0 N–H and O–H groups in total. The Morgan fingerprint density at radius 3 is 1.71 bits per heavy atom. The number of benzene rings is 4. The molecule has 3 aliphatic rings. The summed E-state index contributed by atoms with van der Waals surface area (Å²) in [4.78, 5) is 2.38. The Balaban J connectivity index is 1.51. The zero-order valence-corrected chi connectivity index (χ0v) is 17.7. The van der Waals surface area contributed by atoms with Crippen LogP contribution in [0.3, 0.4) is 0 Å². The van der Waals surface area contributed by atoms with Gasteiger partial charge in [-0.1, -0.05) is 72.8 Å². The number of nitrogens with zero attached hydrogens (tertiary/aromatic N) is 1. The molecule has 0 heterocycles. The van der Waals surface area contributed by atoms with Gasteiger partial charge < -0.3 is 4.90 Å². The third kappa shape index (κ3) is 3.25. The molecule has 0 saturated heterocycles. The van der Waals surface area contributed by atoms with Gasteiger partial charge in [-0.2, -0.15) is 0 Å². The van der Waals surface area contributed by atoms with Crippen LogP contribution in [-0.2, 0) is 0 Å². The van der Waals surface area contributed by atoms with Gasteiger partial charge in [-0.3, -0.25) is 0 Å². The van der Waals surface area contributed by atoms with Crippen molar-refractivity contribution < 1.29 is 0 Å². The van der Waals surface area contributed by atoms with Crippen molar-refractivity contribution >= 4 is 17.1 Å². The Hall–Kier alpha value is -3.32. The molecule has 0 unspecified atom stereocenters. The average Bonchev–Trinajstić information content (AvgIpc) is 2.86. The first kappa shape index (κ1) is 18.4. The zero-order chi connectivity index (χ0) is 20.6. The lowest BCUT2D eigenvalue weighted by atomic mass is 9.66. The summed E-state index contributed by atoms with van der Waals surface area (Å²) >= 11 is 0. The van der Waals surface area contributed by atoms with E-state index in [2.05, 4.69) is 108 Å². The maximum atomic E-state index is 2.50. The Labute approximate surface area is 185 Å². The van der Waals surface area contributed by atoms with Gasteiger partial charge in [0, 0.05) is 16.9 Å². The monoisotopic (exact) mass is 401 g/mol. The van der Waals surface area contributed by atoms with E-state index in [0.29, 0.717) is 0 Å². The van der Waals surface area contributed by atoms with Crippen LogP contribution in [0.5, 0.6) is 0 Å². The summed E-state index contributed by atoms with van der Waals surface area (Å²) in [5, 5.41) is 0. The maximum absolute atomic E-state index is 2.50. The lowest BCUT2D eigenvalue weighted by molar-refractivity contribution is 0.359. The second kappa shape index (κ2) is 7.74. The highest BCUT2D eigenvalue weighted by molar-refractivity contribution is 5.88. The summed E-state index contributed by atoms with van der Waals surface area (Å²) in [5.41, 5.74) is 9.43. The van der Waals surface area contributed by atoms with E-state index in [-0.39, 0.29) is 0 Å². The van der Waals surface area contributed by atoms with E-state index in [4.69, 9.17) is 0 Å². The molecular weight excluding hydrogens is 374 g/mol. The van der Waals surface area contributed by atoms with Crippen molar-refractivity contribution in [3.8, 4) is 11.1 Å². The molecule has 0 amide bonds. The fraction of sp³-hybridized carbons (Fsp3) is 0.200. The van der Waals surface area contributed by atoms with Crippen LogP contribution in [0.2, 0.25) is 0 Å². The second-order valence-corrected chi connectivity index (χ2v) is 8.92. The summed E-state index contributed by atoms with van der Waals surface area (Å²) in [5.74, 6) is 1.54. The predicted octanol–water partition coefficient (Wildman–Crippen LogP) is 8.58. The fourth-order valence-corrected chi connectivity index (χ4v) is 5.68. The highest BCUT2D eigenvalue weighted by Gasteiger charge is 2.33. The van der Waals surface area contributed by atoms with Gasteiger partial charge in [0.25, 0.3) is 0 Å². The van der Waals surface area contributed by atoms with Crippen LogP contribution in [-0.4, -0.2) is 0 Å². The van der Waals surface area contributed by atoms with Gasteiger partial charge in [0.05, 0.1) is 5.69 Å². The predicted molar refractivity (Wildman–Crippen MR) is 131 cm³/mol. The van der Waals surface area contributed by atoms with E-state index >= 15 is 0 Å². The zero-order valence-electron chi connectivity index (χ0n) is 17.7. The van der Waals surface area contributed by atoms with E-state index < -0.39 is 0 Å². The molecule has 0 aliphatic heterocycles. The largest absolute Gasteiger partial charge is 0.310 e. The molecule has 0 atom stereocenters. The van der Waals surface area contributed by atoms with E-state index in [1.807, 2.05) is 0 Å². The molecule has 4 aromatic carbocycles. The minimum Gasteiger partial charge on any atom is -0.310 e. The first-order valence-corrected chi connectivity index (χ1v) is 11.5. The van der Waals surface area contributed by atoms with Crippen molar-refractivity contribution in [2.45, 2.75) is 37.5 Å². The van der Waals surface area contributed by atoms with Crippen LogP contribution in [0.1, 0.15) is 48.6 Å². The molecule has 0 radical (unpaired) electrons. The minimum absolute atomic E-state index is 0.756. The van der Waals surface area contributed by atoms with Crippen LogP contribution in [0.25, 0.3) is 11.1 Å². The van der Waals surface area contributed by atoms with Crippen molar-refractivity contribution in [3.63, 3.8) is 0 Å². The topological polar surface area (TPSA) is 3.24 Å². The quantitative estimate of drug-likeness (QED) is 0.331. The Bertz CT molecular complexity index is 1150. The average molecular weight is 402 g/mol. The van der Waals surface area contributed by atoms with Gasteiger partial charge in [-0.25, -0.2) is 0 Å². The Morgan fingerprint density at radius 2 is 1.06 bits per heavy atom. The smallest absolute Gasteiger partial charge is 0.0540 e. The van der Waals surface area contributed by atoms with Crippen molar-refractivity contribution in [2.24, 2.45) is 0 Å². The molecule has 1 heteroatoms. The van der Waals surface area contributed by atoms with Crippen LogP contribution in [0.15, 0.2) is 103 Å². The van der Waals surface area contributed by atoms with E-state index in [1.165, 1.54) is 53.9 Å². The molecule has 1 nitrogen and oxygen atoms in total. The van der Waals surface area contributed by atoms with E-state index in [9.17, 15) is 0 Å². The standard InChI is InChI=1S/C30H27N/c1-3-9-25(10-4-1)31(26-11-5-2-6-12-26)30-14-8-7-13-28(30)24-19-20-27-22-15-17-23(18-16-22)29(27)21-24/h1-14,19-23H,15-18H2. The summed E-state index contributed by atoms with van der Waals surface area (Å²) in [6, 6.07) is 37.5. The molecule has 3 aliphatic carbocycles. The molecule has 2 bridgehead atoms. The molecule has 31 heavy (non-hydrogen) atoms. The third-order valence-electron chi connectivity index (χ3n) is 7.18.